The average Bonchev–Trinajstić information content (AvgIpc) is 2.15. The monoisotopic (exact) mass is 257 g/mol. The third-order valence-corrected chi connectivity index (χ3v) is 2.50. The molecular formula is C9H8Cl2F3N. The van der Waals surface area contributed by atoms with Crippen LogP contribution in [-0.2, 0) is 17.9 Å². The molecule has 0 aliphatic heterocycles. The Balaban J connectivity index is 3.32. The maximum atomic E-state index is 12.5. The minimum absolute atomic E-state index is 0.0294. The summed E-state index contributed by atoms with van der Waals surface area (Å²) in [5.74, 6) is 0.0272. The van der Waals surface area contributed by atoms with Gasteiger partial charge in [0.1, 0.15) is 0 Å². The van der Waals surface area contributed by atoms with E-state index >= 15 is 0 Å². The van der Waals surface area contributed by atoms with Crippen molar-refractivity contribution in [3.63, 3.8) is 0 Å². The standard InChI is InChI=1S/C9H8Cl2F3N/c1-5-7(9(12,13)14)2-6(3-10)8(4-11)15-5/h2H,3-4H2,1H3. The molecule has 0 amide bonds. The number of hydrogen-bond acceptors (Lipinski definition) is 1. The van der Waals surface area contributed by atoms with Crippen molar-refractivity contribution in [1.29, 1.82) is 0 Å². The summed E-state index contributed by atoms with van der Waals surface area (Å²) in [6, 6.07) is 1.01. The molecule has 0 aromatic carbocycles. The maximum Gasteiger partial charge on any atom is 0.418 e. The summed E-state index contributed by atoms with van der Waals surface area (Å²) < 4.78 is 37.5. The highest BCUT2D eigenvalue weighted by Crippen LogP contribution is 2.32. The molecule has 6 heteroatoms. The molecule has 1 aromatic rings. The van der Waals surface area contributed by atoms with Crippen LogP contribution in [0.15, 0.2) is 6.07 Å². The van der Waals surface area contributed by atoms with Crippen molar-refractivity contribution in [1.82, 2.24) is 4.98 Å². The summed E-state index contributed by atoms with van der Waals surface area (Å²) in [6.07, 6.45) is -4.40. The molecule has 1 nitrogen and oxygen atoms in total. The zero-order chi connectivity index (χ0) is 11.6. The van der Waals surface area contributed by atoms with Crippen LogP contribution in [0.2, 0.25) is 0 Å². The van der Waals surface area contributed by atoms with Gasteiger partial charge in [0.05, 0.1) is 17.1 Å². The zero-order valence-corrected chi connectivity index (χ0v) is 9.34. The van der Waals surface area contributed by atoms with E-state index in [4.69, 9.17) is 23.2 Å². The van der Waals surface area contributed by atoms with Crippen molar-refractivity contribution in [2.45, 2.75) is 24.9 Å². The highest BCUT2D eigenvalue weighted by molar-refractivity contribution is 6.18. The first kappa shape index (κ1) is 12.6. The van der Waals surface area contributed by atoms with E-state index in [-0.39, 0.29) is 17.5 Å². The number of pyridine rings is 1. The molecule has 1 heterocycles. The molecule has 0 saturated carbocycles. The minimum Gasteiger partial charge on any atom is -0.256 e. The third kappa shape index (κ3) is 2.75. The van der Waals surface area contributed by atoms with E-state index in [1.165, 1.54) is 6.92 Å². The number of nitrogens with zero attached hydrogens (tertiary/aromatic N) is 1. The number of halogens is 5. The molecule has 1 aromatic heterocycles. The van der Waals surface area contributed by atoms with Gasteiger partial charge >= 0.3 is 6.18 Å². The van der Waals surface area contributed by atoms with Gasteiger partial charge in [-0.1, -0.05) is 0 Å². The molecule has 0 saturated heterocycles. The summed E-state index contributed by atoms with van der Waals surface area (Å²) in [6.45, 7) is 1.30. The maximum absolute atomic E-state index is 12.5. The highest BCUT2D eigenvalue weighted by Gasteiger charge is 2.33. The van der Waals surface area contributed by atoms with Crippen molar-refractivity contribution in [3.8, 4) is 0 Å². The van der Waals surface area contributed by atoms with Crippen LogP contribution in [0.4, 0.5) is 13.2 Å². The summed E-state index contributed by atoms with van der Waals surface area (Å²) in [7, 11) is 0. The molecule has 0 spiro atoms. The molecule has 0 aliphatic rings. The van der Waals surface area contributed by atoms with Gasteiger partial charge in [0.2, 0.25) is 0 Å². The summed E-state index contributed by atoms with van der Waals surface area (Å²) in [5, 5.41) is 0. The molecular weight excluding hydrogens is 250 g/mol. The second kappa shape index (κ2) is 4.58. The van der Waals surface area contributed by atoms with Gasteiger partial charge in [-0.25, -0.2) is 0 Å². The lowest BCUT2D eigenvalue weighted by Crippen LogP contribution is -2.11. The third-order valence-electron chi connectivity index (χ3n) is 1.96. The fourth-order valence-corrected chi connectivity index (χ4v) is 1.68. The fraction of sp³-hybridized carbons (Fsp3) is 0.444. The lowest BCUT2D eigenvalue weighted by atomic mass is 10.1. The van der Waals surface area contributed by atoms with Gasteiger partial charge in [0.25, 0.3) is 0 Å². The van der Waals surface area contributed by atoms with Crippen LogP contribution in [0.5, 0.6) is 0 Å². The van der Waals surface area contributed by atoms with Crippen LogP contribution in [0.3, 0.4) is 0 Å². The van der Waals surface area contributed by atoms with Crippen molar-refractivity contribution in [2.75, 3.05) is 0 Å². The molecule has 0 fully saturated rings. The van der Waals surface area contributed by atoms with Crippen molar-refractivity contribution in [2.24, 2.45) is 0 Å². The first-order valence-corrected chi connectivity index (χ1v) is 5.15. The van der Waals surface area contributed by atoms with Crippen molar-refractivity contribution >= 4 is 23.2 Å². The lowest BCUT2D eigenvalue weighted by Gasteiger charge is -2.13. The van der Waals surface area contributed by atoms with Crippen LogP contribution in [0, 0.1) is 6.92 Å². The van der Waals surface area contributed by atoms with Crippen LogP contribution < -0.4 is 0 Å². The minimum atomic E-state index is -4.40. The molecule has 0 unspecified atom stereocenters. The average molecular weight is 258 g/mol. The smallest absolute Gasteiger partial charge is 0.256 e. The number of hydrogen-bond donors (Lipinski definition) is 0. The van der Waals surface area contributed by atoms with Gasteiger partial charge in [-0.3, -0.25) is 4.98 Å². The van der Waals surface area contributed by atoms with E-state index in [0.29, 0.717) is 11.3 Å². The van der Waals surface area contributed by atoms with Crippen molar-refractivity contribution in [3.05, 3.63) is 28.6 Å². The Morgan fingerprint density at radius 3 is 2.27 bits per heavy atom. The Hall–Kier alpha value is -0.480. The number of alkyl halides is 5. The Bertz CT molecular complexity index is 363. The molecule has 0 aliphatic carbocycles. The molecule has 0 bridgehead atoms. The van der Waals surface area contributed by atoms with E-state index in [2.05, 4.69) is 4.98 Å². The molecule has 15 heavy (non-hydrogen) atoms. The second-order valence-electron chi connectivity index (χ2n) is 2.99. The largest absolute Gasteiger partial charge is 0.418 e. The predicted molar refractivity (Wildman–Crippen MR) is 53.1 cm³/mol. The number of rotatable bonds is 2. The first-order chi connectivity index (χ1) is 6.90. The van der Waals surface area contributed by atoms with E-state index in [9.17, 15) is 13.2 Å². The van der Waals surface area contributed by atoms with Gasteiger partial charge in [-0.2, -0.15) is 13.2 Å². The first-order valence-electron chi connectivity index (χ1n) is 4.08. The lowest BCUT2D eigenvalue weighted by molar-refractivity contribution is -0.138. The Kier molecular flexibility index (Phi) is 3.84. The van der Waals surface area contributed by atoms with E-state index in [1.807, 2.05) is 0 Å². The zero-order valence-electron chi connectivity index (χ0n) is 7.83. The van der Waals surface area contributed by atoms with Gasteiger partial charge < -0.3 is 0 Å². The quantitative estimate of drug-likeness (QED) is 0.733. The van der Waals surface area contributed by atoms with Gasteiger partial charge in [0, 0.05) is 11.6 Å². The van der Waals surface area contributed by atoms with Gasteiger partial charge in [-0.05, 0) is 18.6 Å². The highest BCUT2D eigenvalue weighted by atomic mass is 35.5. The van der Waals surface area contributed by atoms with Gasteiger partial charge in [0.15, 0.2) is 0 Å². The second-order valence-corrected chi connectivity index (χ2v) is 3.53. The van der Waals surface area contributed by atoms with Crippen LogP contribution >= 0.6 is 23.2 Å². The predicted octanol–water partition coefficient (Wildman–Crippen LogP) is 3.89. The van der Waals surface area contributed by atoms with Gasteiger partial charge in [-0.15, -0.1) is 23.2 Å². The Morgan fingerprint density at radius 1 is 1.27 bits per heavy atom. The van der Waals surface area contributed by atoms with Crippen LogP contribution in [-0.4, -0.2) is 4.98 Å². The SMILES string of the molecule is Cc1nc(CCl)c(CCl)cc1C(F)(F)F. The Labute approximate surface area is 95.2 Å². The number of aromatic nitrogens is 1. The van der Waals surface area contributed by atoms with E-state index in [0.717, 1.165) is 6.07 Å². The molecule has 84 valence electrons. The van der Waals surface area contributed by atoms with Crippen LogP contribution in [0.1, 0.15) is 22.5 Å². The molecule has 0 N–H and O–H groups in total. The summed E-state index contributed by atoms with van der Waals surface area (Å²) in [5.41, 5.74) is -0.110. The summed E-state index contributed by atoms with van der Waals surface area (Å²) >= 11 is 11.1. The van der Waals surface area contributed by atoms with Crippen molar-refractivity contribution < 1.29 is 13.2 Å². The molecule has 1 rings (SSSR count). The normalized spacial score (nSPS) is 11.9. The number of aryl methyl sites for hydroxylation is 1. The molecule has 0 atom stereocenters. The molecule has 0 radical (unpaired) electrons. The Morgan fingerprint density at radius 2 is 1.87 bits per heavy atom. The fourth-order valence-electron chi connectivity index (χ4n) is 1.21. The summed E-state index contributed by atoms with van der Waals surface area (Å²) in [4.78, 5) is 3.79. The van der Waals surface area contributed by atoms with Crippen LogP contribution in [0.25, 0.3) is 0 Å². The topological polar surface area (TPSA) is 12.9 Å². The van der Waals surface area contributed by atoms with E-state index in [1.54, 1.807) is 0 Å². The van der Waals surface area contributed by atoms with E-state index < -0.39 is 11.7 Å².